The highest BCUT2D eigenvalue weighted by molar-refractivity contribution is 4.98. The molecule has 0 saturated heterocycles. The molecule has 2 aliphatic rings. The van der Waals surface area contributed by atoms with E-state index in [4.69, 9.17) is 0 Å². The lowest BCUT2D eigenvalue weighted by Crippen LogP contribution is -2.33. The fourth-order valence-electron chi connectivity index (χ4n) is 3.61. The van der Waals surface area contributed by atoms with Crippen LogP contribution in [-0.4, -0.2) is 0 Å². The standard InChI is InChI=1S/C12H22.C2H6.2CH4/c1-9(2)11-4-5-12(8-11)6-10(3)7-12;1-2;;/h9-11H,4-8H2,1-3H3;1-2H3;2*1H4. The smallest absolute Gasteiger partial charge is 0.0290 e. The van der Waals surface area contributed by atoms with Gasteiger partial charge in [0.15, 0.2) is 0 Å². The van der Waals surface area contributed by atoms with Gasteiger partial charge in [0.25, 0.3) is 0 Å². The van der Waals surface area contributed by atoms with Gasteiger partial charge in [0.05, 0.1) is 0 Å². The van der Waals surface area contributed by atoms with Gasteiger partial charge in [-0.05, 0) is 55.3 Å². The second kappa shape index (κ2) is 7.35. The van der Waals surface area contributed by atoms with Gasteiger partial charge in [-0.3, -0.25) is 0 Å². The number of rotatable bonds is 1. The zero-order chi connectivity index (χ0) is 10.8. The lowest BCUT2D eigenvalue weighted by molar-refractivity contribution is 0.0665. The third-order valence-corrected chi connectivity index (χ3v) is 4.25. The van der Waals surface area contributed by atoms with Crippen molar-refractivity contribution in [1.29, 1.82) is 0 Å². The topological polar surface area (TPSA) is 0 Å². The van der Waals surface area contributed by atoms with E-state index < -0.39 is 0 Å². The van der Waals surface area contributed by atoms with Crippen LogP contribution in [0.4, 0.5) is 0 Å². The Labute approximate surface area is 105 Å². The Hall–Kier alpha value is 0. The molecule has 0 aromatic carbocycles. The summed E-state index contributed by atoms with van der Waals surface area (Å²) >= 11 is 0. The van der Waals surface area contributed by atoms with Crippen molar-refractivity contribution in [1.82, 2.24) is 0 Å². The maximum Gasteiger partial charge on any atom is -0.0290 e. The highest BCUT2D eigenvalue weighted by Gasteiger charge is 2.47. The summed E-state index contributed by atoms with van der Waals surface area (Å²) in [4.78, 5) is 0. The van der Waals surface area contributed by atoms with Crippen LogP contribution in [0.1, 0.15) is 81.6 Å². The Bertz CT molecular complexity index is 163. The molecular formula is C16H36. The molecule has 2 aliphatic carbocycles. The summed E-state index contributed by atoms with van der Waals surface area (Å²) in [6, 6.07) is 0. The number of hydrogen-bond donors (Lipinski definition) is 0. The summed E-state index contributed by atoms with van der Waals surface area (Å²) in [5, 5.41) is 0. The minimum absolute atomic E-state index is 0. The maximum absolute atomic E-state index is 2.41. The summed E-state index contributed by atoms with van der Waals surface area (Å²) in [6.07, 6.45) is 7.69. The van der Waals surface area contributed by atoms with Gasteiger partial charge < -0.3 is 0 Å². The third-order valence-electron chi connectivity index (χ3n) is 4.25. The molecule has 2 saturated carbocycles. The first-order chi connectivity index (χ1) is 6.61. The summed E-state index contributed by atoms with van der Waals surface area (Å²) < 4.78 is 0. The SMILES string of the molecule is C.C.CC.CC1CC2(CCC(C(C)C)C2)C1. The van der Waals surface area contributed by atoms with Gasteiger partial charge >= 0.3 is 0 Å². The lowest BCUT2D eigenvalue weighted by atomic mass is 9.61. The molecule has 0 heterocycles. The lowest BCUT2D eigenvalue weighted by Gasteiger charge is -2.44. The van der Waals surface area contributed by atoms with Gasteiger partial charge in [-0.25, -0.2) is 0 Å². The molecule has 0 aliphatic heterocycles. The van der Waals surface area contributed by atoms with Crippen LogP contribution >= 0.6 is 0 Å². The first-order valence-corrected chi connectivity index (χ1v) is 6.61. The van der Waals surface area contributed by atoms with Crippen LogP contribution in [0.15, 0.2) is 0 Å². The van der Waals surface area contributed by atoms with Gasteiger partial charge in [-0.1, -0.05) is 49.5 Å². The van der Waals surface area contributed by atoms with Crippen LogP contribution in [-0.2, 0) is 0 Å². The summed E-state index contributed by atoms with van der Waals surface area (Å²) in [7, 11) is 0. The molecule has 0 aromatic heterocycles. The molecule has 2 fully saturated rings. The highest BCUT2D eigenvalue weighted by Crippen LogP contribution is 2.58. The molecule has 0 amide bonds. The first kappa shape index (κ1) is 18.4. The van der Waals surface area contributed by atoms with Gasteiger partial charge in [-0.2, -0.15) is 0 Å². The Balaban J connectivity index is 0. The monoisotopic (exact) mass is 228 g/mol. The molecule has 0 N–H and O–H groups in total. The van der Waals surface area contributed by atoms with Crippen molar-refractivity contribution < 1.29 is 0 Å². The summed E-state index contributed by atoms with van der Waals surface area (Å²) in [5.74, 6) is 3.02. The van der Waals surface area contributed by atoms with Gasteiger partial charge in [0, 0.05) is 0 Å². The van der Waals surface area contributed by atoms with Gasteiger partial charge in [0.1, 0.15) is 0 Å². The van der Waals surface area contributed by atoms with Crippen LogP contribution in [0.5, 0.6) is 0 Å². The van der Waals surface area contributed by atoms with Gasteiger partial charge in [-0.15, -0.1) is 0 Å². The molecule has 1 spiro atoms. The average Bonchev–Trinajstić information content (AvgIpc) is 2.52. The molecule has 0 aromatic rings. The fourth-order valence-corrected chi connectivity index (χ4v) is 3.61. The van der Waals surface area contributed by atoms with Crippen LogP contribution < -0.4 is 0 Å². The Morgan fingerprint density at radius 2 is 1.50 bits per heavy atom. The minimum atomic E-state index is 0. The molecule has 0 nitrogen and oxygen atoms in total. The predicted molar refractivity (Wildman–Crippen MR) is 77.8 cm³/mol. The summed E-state index contributed by atoms with van der Waals surface area (Å²) in [6.45, 7) is 11.2. The zero-order valence-electron chi connectivity index (χ0n) is 10.8. The van der Waals surface area contributed by atoms with E-state index in [1.54, 1.807) is 12.8 Å². The Morgan fingerprint density at radius 3 is 1.81 bits per heavy atom. The van der Waals surface area contributed by atoms with Crippen molar-refractivity contribution in [3.05, 3.63) is 0 Å². The van der Waals surface area contributed by atoms with Crippen LogP contribution in [0, 0.1) is 23.2 Å². The zero-order valence-corrected chi connectivity index (χ0v) is 10.8. The quantitative estimate of drug-likeness (QED) is 0.504. The van der Waals surface area contributed by atoms with Crippen molar-refractivity contribution in [3.63, 3.8) is 0 Å². The molecule has 2 rings (SSSR count). The first-order valence-electron chi connectivity index (χ1n) is 6.61. The molecule has 1 atom stereocenters. The highest BCUT2D eigenvalue weighted by atomic mass is 14.5. The number of hydrogen-bond acceptors (Lipinski definition) is 0. The third kappa shape index (κ3) is 3.79. The van der Waals surface area contributed by atoms with Crippen molar-refractivity contribution in [2.24, 2.45) is 23.2 Å². The van der Waals surface area contributed by atoms with Crippen LogP contribution in [0.25, 0.3) is 0 Å². The van der Waals surface area contributed by atoms with Crippen LogP contribution in [0.2, 0.25) is 0 Å². The van der Waals surface area contributed by atoms with E-state index in [2.05, 4.69) is 20.8 Å². The van der Waals surface area contributed by atoms with Crippen LogP contribution in [0.3, 0.4) is 0 Å². The van der Waals surface area contributed by atoms with Crippen molar-refractivity contribution in [3.8, 4) is 0 Å². The van der Waals surface area contributed by atoms with E-state index >= 15 is 0 Å². The molecule has 1 unspecified atom stereocenters. The molecule has 0 bridgehead atoms. The van der Waals surface area contributed by atoms with E-state index in [1.807, 2.05) is 13.8 Å². The van der Waals surface area contributed by atoms with E-state index in [1.165, 1.54) is 19.3 Å². The molecule has 100 valence electrons. The maximum atomic E-state index is 2.41. The summed E-state index contributed by atoms with van der Waals surface area (Å²) in [5.41, 5.74) is 0.842. The van der Waals surface area contributed by atoms with Crippen molar-refractivity contribution >= 4 is 0 Å². The van der Waals surface area contributed by atoms with E-state index in [0.29, 0.717) is 0 Å². The molecular weight excluding hydrogens is 192 g/mol. The van der Waals surface area contributed by atoms with Crippen molar-refractivity contribution in [2.75, 3.05) is 0 Å². The van der Waals surface area contributed by atoms with Gasteiger partial charge in [0.2, 0.25) is 0 Å². The molecule has 16 heavy (non-hydrogen) atoms. The fraction of sp³-hybridized carbons (Fsp3) is 1.00. The second-order valence-electron chi connectivity index (χ2n) is 5.76. The second-order valence-corrected chi connectivity index (χ2v) is 5.76. The molecule has 0 radical (unpaired) electrons. The Morgan fingerprint density at radius 1 is 1.00 bits per heavy atom. The van der Waals surface area contributed by atoms with Crippen molar-refractivity contribution in [2.45, 2.75) is 81.6 Å². The largest absolute Gasteiger partial charge is 0.0776 e. The minimum Gasteiger partial charge on any atom is -0.0776 e. The average molecular weight is 228 g/mol. The van der Waals surface area contributed by atoms with E-state index in [9.17, 15) is 0 Å². The predicted octanol–water partition coefficient (Wildman–Crippen LogP) is 6.16. The van der Waals surface area contributed by atoms with E-state index in [-0.39, 0.29) is 14.9 Å². The van der Waals surface area contributed by atoms with E-state index in [0.717, 1.165) is 23.2 Å². The normalized spacial score (nSPS) is 35.6. The Kier molecular flexibility index (Phi) is 8.44. The molecule has 0 heteroatoms.